The van der Waals surface area contributed by atoms with E-state index in [-0.39, 0.29) is 17.8 Å². The molecule has 182 valence electrons. The molecule has 2 aromatic carbocycles. The average Bonchev–Trinajstić information content (AvgIpc) is 2.91. The molecule has 1 aromatic heterocycles. The second-order valence-corrected chi connectivity index (χ2v) is 7.87. The number of hydrogen-bond acceptors (Lipinski definition) is 8. The number of ether oxygens (including phenoxy) is 3. The number of pyridine rings is 1. The van der Waals surface area contributed by atoms with Gasteiger partial charge in [-0.3, -0.25) is 19.9 Å². The number of hydrogen-bond donors (Lipinski definition) is 1. The van der Waals surface area contributed by atoms with Crippen LogP contribution in [0.1, 0.15) is 21.5 Å². The first-order chi connectivity index (χ1) is 17.0. The predicted molar refractivity (Wildman–Crippen MR) is 129 cm³/mol. The van der Waals surface area contributed by atoms with Crippen molar-refractivity contribution in [2.45, 2.75) is 13.2 Å². The Bertz CT molecular complexity index is 1180. The Balaban J connectivity index is 1.46. The van der Waals surface area contributed by atoms with E-state index in [1.54, 1.807) is 37.7 Å². The molecule has 0 atom stereocenters. The summed E-state index contributed by atoms with van der Waals surface area (Å²) < 4.78 is 16.7. The van der Waals surface area contributed by atoms with Crippen molar-refractivity contribution in [3.05, 3.63) is 87.7 Å². The number of benzene rings is 2. The zero-order chi connectivity index (χ0) is 24.6. The van der Waals surface area contributed by atoms with Crippen molar-refractivity contribution in [2.75, 3.05) is 38.3 Å². The van der Waals surface area contributed by atoms with Crippen LogP contribution in [0.15, 0.2) is 60.9 Å². The summed E-state index contributed by atoms with van der Waals surface area (Å²) in [5, 5.41) is 14.2. The third kappa shape index (κ3) is 6.04. The summed E-state index contributed by atoms with van der Waals surface area (Å²) >= 11 is 0. The normalized spacial score (nSPS) is 13.2. The highest BCUT2D eigenvalue weighted by Gasteiger charge is 2.22. The molecule has 1 fully saturated rings. The minimum atomic E-state index is -0.505. The molecule has 35 heavy (non-hydrogen) atoms. The lowest BCUT2D eigenvalue weighted by atomic mass is 10.1. The van der Waals surface area contributed by atoms with Crippen molar-refractivity contribution in [1.29, 1.82) is 0 Å². The zero-order valence-corrected chi connectivity index (χ0v) is 19.3. The van der Waals surface area contributed by atoms with Crippen LogP contribution in [-0.2, 0) is 17.9 Å². The van der Waals surface area contributed by atoms with Crippen LogP contribution in [0.4, 0.5) is 11.4 Å². The second-order valence-electron chi connectivity index (χ2n) is 7.87. The van der Waals surface area contributed by atoms with Crippen LogP contribution >= 0.6 is 0 Å². The summed E-state index contributed by atoms with van der Waals surface area (Å²) in [5.74, 6) is 0.718. The standard InChI is InChI=1S/C25H26N4O6/c1-33-24-14-19(2-5-23(24)35-17-18-6-8-26-9-7-18)16-27-25(30)21-15-20(29(31)32)3-4-22(21)28-10-12-34-13-11-28/h2-9,14-15H,10-13,16-17H2,1H3,(H,27,30). The first-order valence-corrected chi connectivity index (χ1v) is 11.1. The number of carbonyl (C=O) groups is 1. The van der Waals surface area contributed by atoms with E-state index in [9.17, 15) is 14.9 Å². The van der Waals surface area contributed by atoms with Gasteiger partial charge >= 0.3 is 0 Å². The number of morpholine rings is 1. The van der Waals surface area contributed by atoms with Crippen LogP contribution in [0, 0.1) is 10.1 Å². The maximum absolute atomic E-state index is 13.1. The number of anilines is 1. The number of nitro groups is 1. The summed E-state index contributed by atoms with van der Waals surface area (Å²) in [4.78, 5) is 29.9. The maximum Gasteiger partial charge on any atom is 0.270 e. The number of non-ortho nitro benzene ring substituents is 1. The highest BCUT2D eigenvalue weighted by molar-refractivity contribution is 6.00. The molecule has 10 nitrogen and oxygen atoms in total. The Morgan fingerprint density at radius 2 is 1.86 bits per heavy atom. The minimum Gasteiger partial charge on any atom is -0.493 e. The van der Waals surface area contributed by atoms with Crippen LogP contribution in [0.3, 0.4) is 0 Å². The molecule has 0 bridgehead atoms. The van der Waals surface area contributed by atoms with E-state index < -0.39 is 10.8 Å². The topological polar surface area (TPSA) is 116 Å². The number of carbonyl (C=O) groups excluding carboxylic acids is 1. The van der Waals surface area contributed by atoms with Gasteiger partial charge in [-0.05, 0) is 41.5 Å². The Kier molecular flexibility index (Phi) is 7.74. The van der Waals surface area contributed by atoms with Gasteiger partial charge in [0.25, 0.3) is 11.6 Å². The lowest BCUT2D eigenvalue weighted by Crippen LogP contribution is -2.38. The Hall–Kier alpha value is -4.18. The number of aromatic nitrogens is 1. The number of methoxy groups -OCH3 is 1. The number of nitrogens with one attached hydrogen (secondary N) is 1. The van der Waals surface area contributed by atoms with E-state index in [0.717, 1.165) is 11.1 Å². The number of nitro benzene ring substituents is 1. The molecule has 1 amide bonds. The summed E-state index contributed by atoms with van der Waals surface area (Å²) in [7, 11) is 1.55. The van der Waals surface area contributed by atoms with Gasteiger partial charge in [-0.1, -0.05) is 6.07 Å². The first-order valence-electron chi connectivity index (χ1n) is 11.1. The molecular formula is C25H26N4O6. The average molecular weight is 479 g/mol. The van der Waals surface area contributed by atoms with Crippen LogP contribution < -0.4 is 19.7 Å². The number of rotatable bonds is 9. The van der Waals surface area contributed by atoms with Gasteiger partial charge in [0, 0.05) is 44.2 Å². The van der Waals surface area contributed by atoms with Gasteiger partial charge in [0.2, 0.25) is 0 Å². The highest BCUT2D eigenvalue weighted by Crippen LogP contribution is 2.29. The van der Waals surface area contributed by atoms with E-state index in [4.69, 9.17) is 14.2 Å². The third-order valence-corrected chi connectivity index (χ3v) is 5.61. The molecule has 1 saturated heterocycles. The molecule has 3 aromatic rings. The van der Waals surface area contributed by atoms with Gasteiger partial charge in [0.1, 0.15) is 6.61 Å². The molecule has 4 rings (SSSR count). The highest BCUT2D eigenvalue weighted by atomic mass is 16.6. The lowest BCUT2D eigenvalue weighted by molar-refractivity contribution is -0.384. The van der Waals surface area contributed by atoms with E-state index in [2.05, 4.69) is 10.3 Å². The van der Waals surface area contributed by atoms with Gasteiger partial charge in [-0.2, -0.15) is 0 Å². The van der Waals surface area contributed by atoms with Crippen molar-refractivity contribution < 1.29 is 23.9 Å². The van der Waals surface area contributed by atoms with Crippen molar-refractivity contribution in [3.63, 3.8) is 0 Å². The molecule has 10 heteroatoms. The van der Waals surface area contributed by atoms with Gasteiger partial charge in [-0.25, -0.2) is 0 Å². The maximum atomic E-state index is 13.1. The van der Waals surface area contributed by atoms with Crippen molar-refractivity contribution in [3.8, 4) is 11.5 Å². The van der Waals surface area contributed by atoms with Gasteiger partial charge in [-0.15, -0.1) is 0 Å². The lowest BCUT2D eigenvalue weighted by Gasteiger charge is -2.30. The fourth-order valence-corrected chi connectivity index (χ4v) is 3.76. The molecule has 0 saturated carbocycles. The SMILES string of the molecule is COc1cc(CNC(=O)c2cc([N+](=O)[O-])ccc2N2CCOCC2)ccc1OCc1ccncc1. The molecule has 0 spiro atoms. The van der Waals surface area contributed by atoms with Crippen molar-refractivity contribution in [2.24, 2.45) is 0 Å². The Morgan fingerprint density at radius 3 is 2.57 bits per heavy atom. The molecule has 1 N–H and O–H groups in total. The fourth-order valence-electron chi connectivity index (χ4n) is 3.76. The molecule has 2 heterocycles. The largest absolute Gasteiger partial charge is 0.493 e. The van der Waals surface area contributed by atoms with Crippen molar-refractivity contribution in [1.82, 2.24) is 10.3 Å². The molecule has 1 aliphatic rings. The Morgan fingerprint density at radius 1 is 1.09 bits per heavy atom. The number of nitrogens with zero attached hydrogens (tertiary/aromatic N) is 3. The smallest absolute Gasteiger partial charge is 0.270 e. The monoisotopic (exact) mass is 478 g/mol. The molecule has 0 radical (unpaired) electrons. The van der Waals surface area contributed by atoms with Crippen LogP contribution in [0.25, 0.3) is 0 Å². The predicted octanol–water partition coefficient (Wildman–Crippen LogP) is 3.34. The molecule has 0 aliphatic carbocycles. The zero-order valence-electron chi connectivity index (χ0n) is 19.3. The van der Waals surface area contributed by atoms with Gasteiger partial charge in [0.05, 0.1) is 36.5 Å². The van der Waals surface area contributed by atoms with E-state index >= 15 is 0 Å². The van der Waals surface area contributed by atoms with Crippen LogP contribution in [-0.4, -0.2) is 49.2 Å². The first kappa shape index (κ1) is 24.0. The quantitative estimate of drug-likeness (QED) is 0.368. The summed E-state index contributed by atoms with van der Waals surface area (Å²) in [6.45, 7) is 2.87. The fraction of sp³-hybridized carbons (Fsp3) is 0.280. The van der Waals surface area contributed by atoms with E-state index in [1.165, 1.54) is 12.1 Å². The van der Waals surface area contributed by atoms with Crippen LogP contribution in [0.2, 0.25) is 0 Å². The Labute approximate surface area is 202 Å². The summed E-state index contributed by atoms with van der Waals surface area (Å²) in [6, 6.07) is 13.5. The van der Waals surface area contributed by atoms with Gasteiger partial charge < -0.3 is 24.4 Å². The van der Waals surface area contributed by atoms with E-state index in [0.29, 0.717) is 50.1 Å². The number of amides is 1. The molecular weight excluding hydrogens is 452 g/mol. The third-order valence-electron chi connectivity index (χ3n) is 5.61. The summed E-state index contributed by atoms with van der Waals surface area (Å²) in [6.07, 6.45) is 3.40. The van der Waals surface area contributed by atoms with Crippen LogP contribution in [0.5, 0.6) is 11.5 Å². The van der Waals surface area contributed by atoms with E-state index in [1.807, 2.05) is 23.1 Å². The van der Waals surface area contributed by atoms with Crippen molar-refractivity contribution >= 4 is 17.3 Å². The van der Waals surface area contributed by atoms with Gasteiger partial charge in [0.15, 0.2) is 11.5 Å². The second kappa shape index (κ2) is 11.3. The molecule has 1 aliphatic heterocycles. The molecule has 0 unspecified atom stereocenters. The summed E-state index contributed by atoms with van der Waals surface area (Å²) in [5.41, 5.74) is 2.54. The minimum absolute atomic E-state index is 0.135.